The highest BCUT2D eigenvalue weighted by molar-refractivity contribution is 5.96. The van der Waals surface area contributed by atoms with Gasteiger partial charge in [0.2, 0.25) is 5.75 Å². The van der Waals surface area contributed by atoms with E-state index >= 15 is 0 Å². The zero-order chi connectivity index (χ0) is 19.5. The summed E-state index contributed by atoms with van der Waals surface area (Å²) in [6.45, 7) is 3.68. The van der Waals surface area contributed by atoms with Crippen LogP contribution in [-0.2, 0) is 4.74 Å². The van der Waals surface area contributed by atoms with E-state index in [1.807, 2.05) is 6.07 Å². The van der Waals surface area contributed by atoms with Gasteiger partial charge in [0.05, 0.1) is 52.0 Å². The minimum absolute atomic E-state index is 0.176. The van der Waals surface area contributed by atoms with Crippen molar-refractivity contribution in [2.24, 2.45) is 0 Å². The number of hydrogen-bond donors (Lipinski definition) is 1. The summed E-state index contributed by atoms with van der Waals surface area (Å²) in [5.41, 5.74) is 0.686. The molecule has 3 heterocycles. The van der Waals surface area contributed by atoms with Gasteiger partial charge in [-0.1, -0.05) is 6.42 Å². The Hall–Kier alpha value is -2.32. The van der Waals surface area contributed by atoms with E-state index in [9.17, 15) is 0 Å². The molecule has 2 aliphatic heterocycles. The van der Waals surface area contributed by atoms with Crippen molar-refractivity contribution in [2.75, 3.05) is 52.9 Å². The summed E-state index contributed by atoms with van der Waals surface area (Å²) in [6, 6.07) is 2.42. The van der Waals surface area contributed by atoms with E-state index in [0.29, 0.717) is 35.4 Å². The van der Waals surface area contributed by atoms with Crippen LogP contribution in [0.3, 0.4) is 0 Å². The predicted molar refractivity (Wildman–Crippen MR) is 107 cm³/mol. The summed E-state index contributed by atoms with van der Waals surface area (Å²) < 4.78 is 22.4. The molecule has 0 unspecified atom stereocenters. The van der Waals surface area contributed by atoms with Crippen LogP contribution >= 0.6 is 0 Å². The van der Waals surface area contributed by atoms with Gasteiger partial charge >= 0.3 is 0 Å². The summed E-state index contributed by atoms with van der Waals surface area (Å²) in [7, 11) is 4.80. The fourth-order valence-electron chi connectivity index (χ4n) is 4.24. The van der Waals surface area contributed by atoms with Gasteiger partial charge in [0.15, 0.2) is 11.5 Å². The molecule has 1 N–H and O–H groups in total. The standard InChI is InChI=1S/C20H28N4O4/c1-25-16-9-13-17(19(27-3)18(16)26-2)21-12-22-20(13)23-14-10-28-11-15(14)24-7-5-4-6-8-24/h9,12,14-15H,4-8,10-11H2,1-3H3,(H,21,22,23)/t14-,15-/m0/s1. The first-order valence-electron chi connectivity index (χ1n) is 9.78. The number of ether oxygens (including phenoxy) is 4. The largest absolute Gasteiger partial charge is 0.493 e. The van der Waals surface area contributed by atoms with E-state index in [-0.39, 0.29) is 6.04 Å². The molecule has 8 heteroatoms. The van der Waals surface area contributed by atoms with Crippen molar-refractivity contribution in [3.63, 3.8) is 0 Å². The maximum atomic E-state index is 5.82. The van der Waals surface area contributed by atoms with Gasteiger partial charge in [0, 0.05) is 0 Å². The molecule has 0 radical (unpaired) electrons. The molecule has 152 valence electrons. The number of anilines is 1. The highest BCUT2D eigenvalue weighted by atomic mass is 16.5. The lowest BCUT2D eigenvalue weighted by Gasteiger charge is -2.34. The SMILES string of the molecule is COc1cc2c(N[C@H]3COC[C@@H]3N3CCCCC3)ncnc2c(OC)c1OC. The molecular formula is C20H28N4O4. The number of aromatic nitrogens is 2. The summed E-state index contributed by atoms with van der Waals surface area (Å²) in [6.07, 6.45) is 5.38. The van der Waals surface area contributed by atoms with E-state index < -0.39 is 0 Å². The van der Waals surface area contributed by atoms with Crippen LogP contribution < -0.4 is 19.5 Å². The first kappa shape index (κ1) is 19.0. The van der Waals surface area contributed by atoms with E-state index in [1.165, 1.54) is 19.3 Å². The summed E-state index contributed by atoms with van der Waals surface area (Å²) in [5.74, 6) is 2.40. The van der Waals surface area contributed by atoms with Gasteiger partial charge in [0.25, 0.3) is 0 Å². The third-order valence-electron chi connectivity index (χ3n) is 5.66. The molecular weight excluding hydrogens is 360 g/mol. The van der Waals surface area contributed by atoms with Crippen LogP contribution in [0.25, 0.3) is 10.9 Å². The third-order valence-corrected chi connectivity index (χ3v) is 5.66. The van der Waals surface area contributed by atoms with Gasteiger partial charge in [-0.2, -0.15) is 0 Å². The number of hydrogen-bond acceptors (Lipinski definition) is 8. The van der Waals surface area contributed by atoms with Crippen LogP contribution in [0.4, 0.5) is 5.82 Å². The number of nitrogens with zero attached hydrogens (tertiary/aromatic N) is 3. The average molecular weight is 388 g/mol. The van der Waals surface area contributed by atoms with Crippen LogP contribution in [0, 0.1) is 0 Å². The average Bonchev–Trinajstić information content (AvgIpc) is 3.21. The summed E-state index contributed by atoms with van der Waals surface area (Å²) >= 11 is 0. The van der Waals surface area contributed by atoms with Crippen molar-refractivity contribution < 1.29 is 18.9 Å². The number of piperidine rings is 1. The zero-order valence-corrected chi connectivity index (χ0v) is 16.7. The number of likely N-dealkylation sites (tertiary alicyclic amines) is 1. The van der Waals surface area contributed by atoms with E-state index in [1.54, 1.807) is 27.7 Å². The molecule has 2 atom stereocenters. The minimum atomic E-state index is 0.176. The molecule has 2 aromatic rings. The molecule has 1 aromatic carbocycles. The van der Waals surface area contributed by atoms with Gasteiger partial charge in [-0.15, -0.1) is 0 Å². The lowest BCUT2D eigenvalue weighted by molar-refractivity contribution is 0.127. The number of fused-ring (bicyclic) bond motifs is 1. The van der Waals surface area contributed by atoms with Crippen molar-refractivity contribution in [1.82, 2.24) is 14.9 Å². The highest BCUT2D eigenvalue weighted by Gasteiger charge is 2.34. The van der Waals surface area contributed by atoms with Gasteiger partial charge in [-0.05, 0) is 32.0 Å². The molecule has 0 spiro atoms. The molecule has 0 saturated carbocycles. The Labute approximate surface area is 165 Å². The van der Waals surface area contributed by atoms with Crippen molar-refractivity contribution in [3.05, 3.63) is 12.4 Å². The molecule has 28 heavy (non-hydrogen) atoms. The number of rotatable bonds is 6. The highest BCUT2D eigenvalue weighted by Crippen LogP contribution is 2.44. The lowest BCUT2D eigenvalue weighted by Crippen LogP contribution is -2.48. The maximum absolute atomic E-state index is 5.82. The quantitative estimate of drug-likeness (QED) is 0.808. The van der Waals surface area contributed by atoms with Gasteiger partial charge in [-0.25, -0.2) is 9.97 Å². The monoisotopic (exact) mass is 388 g/mol. The van der Waals surface area contributed by atoms with Crippen LogP contribution in [0.5, 0.6) is 17.2 Å². The molecule has 0 bridgehead atoms. The van der Waals surface area contributed by atoms with Gasteiger partial charge < -0.3 is 24.3 Å². The molecule has 1 aromatic heterocycles. The van der Waals surface area contributed by atoms with Crippen molar-refractivity contribution in [2.45, 2.75) is 31.3 Å². The van der Waals surface area contributed by atoms with Crippen LogP contribution in [0.15, 0.2) is 12.4 Å². The molecule has 2 aliphatic rings. The smallest absolute Gasteiger partial charge is 0.205 e. The molecule has 0 amide bonds. The number of nitrogens with one attached hydrogen (secondary N) is 1. The van der Waals surface area contributed by atoms with E-state index in [4.69, 9.17) is 18.9 Å². The third kappa shape index (κ3) is 3.42. The topological polar surface area (TPSA) is 78.0 Å². The minimum Gasteiger partial charge on any atom is -0.493 e. The Kier molecular flexibility index (Phi) is 5.68. The van der Waals surface area contributed by atoms with Gasteiger partial charge in [-0.3, -0.25) is 4.90 Å². The fraction of sp³-hybridized carbons (Fsp3) is 0.600. The summed E-state index contributed by atoms with van der Waals surface area (Å²) in [5, 5.41) is 4.44. The maximum Gasteiger partial charge on any atom is 0.205 e. The Morgan fingerprint density at radius 1 is 1.00 bits per heavy atom. The van der Waals surface area contributed by atoms with Crippen molar-refractivity contribution >= 4 is 16.7 Å². The Bertz CT molecular complexity index is 825. The number of benzene rings is 1. The van der Waals surface area contributed by atoms with E-state index in [0.717, 1.165) is 30.9 Å². The molecule has 4 rings (SSSR count). The second-order valence-electron chi connectivity index (χ2n) is 7.22. The van der Waals surface area contributed by atoms with Crippen LogP contribution in [0.2, 0.25) is 0 Å². The Morgan fingerprint density at radius 3 is 2.50 bits per heavy atom. The normalized spacial score (nSPS) is 23.0. The Morgan fingerprint density at radius 2 is 1.79 bits per heavy atom. The second-order valence-corrected chi connectivity index (χ2v) is 7.22. The van der Waals surface area contributed by atoms with Crippen molar-refractivity contribution in [1.29, 1.82) is 0 Å². The molecule has 2 fully saturated rings. The molecule has 0 aliphatic carbocycles. The lowest BCUT2D eigenvalue weighted by atomic mass is 10.0. The second kappa shape index (κ2) is 8.36. The molecule has 2 saturated heterocycles. The fourth-order valence-corrected chi connectivity index (χ4v) is 4.24. The number of methoxy groups -OCH3 is 3. The summed E-state index contributed by atoms with van der Waals surface area (Å²) in [4.78, 5) is 11.5. The van der Waals surface area contributed by atoms with Crippen LogP contribution in [-0.4, -0.2) is 74.6 Å². The van der Waals surface area contributed by atoms with E-state index in [2.05, 4.69) is 20.2 Å². The zero-order valence-electron chi connectivity index (χ0n) is 16.7. The molecule has 8 nitrogen and oxygen atoms in total. The first-order valence-corrected chi connectivity index (χ1v) is 9.78. The predicted octanol–water partition coefficient (Wildman–Crippen LogP) is 2.32. The van der Waals surface area contributed by atoms with Gasteiger partial charge in [0.1, 0.15) is 17.7 Å². The van der Waals surface area contributed by atoms with Crippen LogP contribution in [0.1, 0.15) is 19.3 Å². The Balaban J connectivity index is 1.68. The first-order chi connectivity index (χ1) is 13.8. The van der Waals surface area contributed by atoms with Crippen molar-refractivity contribution in [3.8, 4) is 17.2 Å².